The number of pyridine rings is 1. The normalized spacial score (nSPS) is 19.6. The molecule has 6 nitrogen and oxygen atoms in total. The molecule has 0 aromatic carbocycles. The average molecular weight is 230 g/mol. The van der Waals surface area contributed by atoms with Crippen molar-refractivity contribution in [1.82, 2.24) is 30.5 Å². The first-order valence-corrected chi connectivity index (χ1v) is 5.82. The maximum Gasteiger partial charge on any atom is 0.191 e. The molecule has 88 valence electrons. The zero-order valence-electron chi connectivity index (χ0n) is 9.45. The summed E-state index contributed by atoms with van der Waals surface area (Å²) in [6.07, 6.45) is 5.85. The van der Waals surface area contributed by atoms with E-state index in [-0.39, 0.29) is 6.04 Å². The van der Waals surface area contributed by atoms with Crippen molar-refractivity contribution >= 4 is 0 Å². The summed E-state index contributed by atoms with van der Waals surface area (Å²) in [6.45, 7) is 1.66. The number of nitrogens with one attached hydrogen (secondary N) is 1. The molecule has 1 fully saturated rings. The number of nitrogens with zero attached hydrogens (tertiary/aromatic N) is 5. The van der Waals surface area contributed by atoms with E-state index in [2.05, 4.69) is 25.7 Å². The smallest absolute Gasteiger partial charge is 0.191 e. The molecule has 17 heavy (non-hydrogen) atoms. The van der Waals surface area contributed by atoms with Crippen molar-refractivity contribution in [1.29, 1.82) is 0 Å². The van der Waals surface area contributed by atoms with Crippen molar-refractivity contribution in [2.45, 2.75) is 25.4 Å². The molecule has 0 aliphatic carbocycles. The zero-order chi connectivity index (χ0) is 11.5. The fraction of sp³-hybridized carbons (Fsp3) is 0.455. The Hall–Kier alpha value is -1.82. The molecule has 3 rings (SSSR count). The molecule has 1 unspecified atom stereocenters. The van der Waals surface area contributed by atoms with Crippen molar-refractivity contribution in [2.24, 2.45) is 0 Å². The average Bonchev–Trinajstić information content (AvgIpc) is 3.00. The Morgan fingerprint density at radius 1 is 1.47 bits per heavy atom. The minimum atomic E-state index is 0.276. The maximum absolute atomic E-state index is 4.39. The molecular formula is C11H14N6. The van der Waals surface area contributed by atoms with Gasteiger partial charge in [0, 0.05) is 12.4 Å². The predicted octanol–water partition coefficient (Wildman–Crippen LogP) is 0.541. The van der Waals surface area contributed by atoms with Gasteiger partial charge in [-0.3, -0.25) is 4.98 Å². The van der Waals surface area contributed by atoms with Gasteiger partial charge >= 0.3 is 0 Å². The van der Waals surface area contributed by atoms with Crippen LogP contribution in [0.3, 0.4) is 0 Å². The lowest BCUT2D eigenvalue weighted by Gasteiger charge is -2.02. The molecule has 0 amide bonds. The Morgan fingerprint density at radius 3 is 3.24 bits per heavy atom. The van der Waals surface area contributed by atoms with Gasteiger partial charge in [-0.25, -0.2) is 0 Å². The van der Waals surface area contributed by atoms with E-state index in [1.807, 2.05) is 18.3 Å². The van der Waals surface area contributed by atoms with Crippen LogP contribution in [-0.4, -0.2) is 31.7 Å². The van der Waals surface area contributed by atoms with Gasteiger partial charge in [-0.1, -0.05) is 6.07 Å². The molecular weight excluding hydrogens is 216 g/mol. The monoisotopic (exact) mass is 230 g/mol. The van der Waals surface area contributed by atoms with Crippen LogP contribution in [0.5, 0.6) is 0 Å². The van der Waals surface area contributed by atoms with E-state index in [4.69, 9.17) is 0 Å². The predicted molar refractivity (Wildman–Crippen MR) is 61.1 cm³/mol. The maximum atomic E-state index is 4.39. The van der Waals surface area contributed by atoms with Crippen LogP contribution < -0.4 is 5.32 Å². The van der Waals surface area contributed by atoms with Gasteiger partial charge in [0.2, 0.25) is 0 Å². The van der Waals surface area contributed by atoms with E-state index in [1.54, 1.807) is 11.0 Å². The van der Waals surface area contributed by atoms with Gasteiger partial charge in [-0.2, -0.15) is 4.80 Å². The van der Waals surface area contributed by atoms with Gasteiger partial charge in [0.05, 0.1) is 12.6 Å². The summed E-state index contributed by atoms with van der Waals surface area (Å²) in [5, 5.41) is 15.9. The van der Waals surface area contributed by atoms with Crippen molar-refractivity contribution in [3.8, 4) is 0 Å². The number of tetrazole rings is 1. The molecule has 6 heteroatoms. The van der Waals surface area contributed by atoms with Crippen molar-refractivity contribution in [2.75, 3.05) is 6.54 Å². The van der Waals surface area contributed by atoms with Crippen molar-refractivity contribution in [3.63, 3.8) is 0 Å². The van der Waals surface area contributed by atoms with Crippen LogP contribution in [0.2, 0.25) is 0 Å². The van der Waals surface area contributed by atoms with E-state index in [0.29, 0.717) is 6.54 Å². The fourth-order valence-electron chi connectivity index (χ4n) is 2.02. The lowest BCUT2D eigenvalue weighted by atomic mass is 10.2. The Kier molecular flexibility index (Phi) is 2.79. The summed E-state index contributed by atoms with van der Waals surface area (Å²) in [4.78, 5) is 5.68. The minimum absolute atomic E-state index is 0.276. The van der Waals surface area contributed by atoms with E-state index >= 15 is 0 Å². The molecule has 0 saturated carbocycles. The van der Waals surface area contributed by atoms with Crippen molar-refractivity contribution in [3.05, 3.63) is 35.9 Å². The summed E-state index contributed by atoms with van der Waals surface area (Å²) in [6, 6.07) is 4.19. The summed E-state index contributed by atoms with van der Waals surface area (Å²) >= 11 is 0. The van der Waals surface area contributed by atoms with Crippen LogP contribution in [0.4, 0.5) is 0 Å². The Morgan fingerprint density at radius 2 is 2.47 bits per heavy atom. The second-order valence-electron chi connectivity index (χ2n) is 4.19. The molecule has 1 aliphatic rings. The SMILES string of the molecule is c1cncc(Cn2nnc(C3CCCN3)n2)c1. The van der Waals surface area contributed by atoms with Gasteiger partial charge in [-0.15, -0.1) is 10.2 Å². The molecule has 1 saturated heterocycles. The van der Waals surface area contributed by atoms with Gasteiger partial charge in [0.25, 0.3) is 0 Å². The molecule has 1 N–H and O–H groups in total. The van der Waals surface area contributed by atoms with Crippen LogP contribution in [0, 0.1) is 0 Å². The molecule has 1 aliphatic heterocycles. The Bertz CT molecular complexity index is 474. The zero-order valence-corrected chi connectivity index (χ0v) is 9.45. The molecule has 1 atom stereocenters. The minimum Gasteiger partial charge on any atom is -0.307 e. The third-order valence-corrected chi connectivity index (χ3v) is 2.89. The second kappa shape index (κ2) is 4.58. The highest BCUT2D eigenvalue weighted by atomic mass is 15.6. The van der Waals surface area contributed by atoms with Gasteiger partial charge in [-0.05, 0) is 36.2 Å². The van der Waals surface area contributed by atoms with Gasteiger partial charge in [0.15, 0.2) is 5.82 Å². The summed E-state index contributed by atoms with van der Waals surface area (Å²) < 4.78 is 0. The van der Waals surface area contributed by atoms with E-state index in [1.165, 1.54) is 6.42 Å². The lowest BCUT2D eigenvalue weighted by Crippen LogP contribution is -2.14. The highest BCUT2D eigenvalue weighted by Gasteiger charge is 2.20. The quantitative estimate of drug-likeness (QED) is 0.833. The highest BCUT2D eigenvalue weighted by Crippen LogP contribution is 2.18. The molecule has 3 heterocycles. The fourth-order valence-corrected chi connectivity index (χ4v) is 2.02. The highest BCUT2D eigenvalue weighted by molar-refractivity contribution is 5.08. The number of hydrogen-bond acceptors (Lipinski definition) is 5. The number of rotatable bonds is 3. The Labute approximate surface area is 99.1 Å². The van der Waals surface area contributed by atoms with Crippen molar-refractivity contribution < 1.29 is 0 Å². The molecule has 0 bridgehead atoms. The first-order chi connectivity index (χ1) is 8.42. The first-order valence-electron chi connectivity index (χ1n) is 5.82. The molecule has 2 aromatic rings. The van der Waals surface area contributed by atoms with Gasteiger partial charge < -0.3 is 5.32 Å². The Balaban J connectivity index is 1.72. The number of aromatic nitrogens is 5. The van der Waals surface area contributed by atoms with Gasteiger partial charge in [0.1, 0.15) is 0 Å². The van der Waals surface area contributed by atoms with Crippen LogP contribution in [0.25, 0.3) is 0 Å². The van der Waals surface area contributed by atoms with E-state index in [9.17, 15) is 0 Å². The third-order valence-electron chi connectivity index (χ3n) is 2.89. The number of hydrogen-bond donors (Lipinski definition) is 1. The topological polar surface area (TPSA) is 68.5 Å². The summed E-state index contributed by atoms with van der Waals surface area (Å²) in [5.41, 5.74) is 1.08. The molecule has 0 radical (unpaired) electrons. The standard InChI is InChI=1S/C11H14N6/c1-3-9(7-12-5-1)8-17-15-11(14-16-17)10-4-2-6-13-10/h1,3,5,7,10,13H,2,4,6,8H2. The van der Waals surface area contributed by atoms with E-state index < -0.39 is 0 Å². The van der Waals surface area contributed by atoms with Crippen LogP contribution in [-0.2, 0) is 6.54 Å². The largest absolute Gasteiger partial charge is 0.307 e. The van der Waals surface area contributed by atoms with Crippen LogP contribution in [0.15, 0.2) is 24.5 Å². The van der Waals surface area contributed by atoms with Crippen LogP contribution >= 0.6 is 0 Å². The third kappa shape index (κ3) is 2.31. The summed E-state index contributed by atoms with van der Waals surface area (Å²) in [5.74, 6) is 0.798. The molecule has 0 spiro atoms. The summed E-state index contributed by atoms with van der Waals surface area (Å²) in [7, 11) is 0. The molecule has 2 aromatic heterocycles. The van der Waals surface area contributed by atoms with E-state index in [0.717, 1.165) is 24.4 Å². The van der Waals surface area contributed by atoms with Crippen LogP contribution in [0.1, 0.15) is 30.3 Å². The lowest BCUT2D eigenvalue weighted by molar-refractivity contribution is 0.557. The first kappa shape index (κ1) is 10.3. The second-order valence-corrected chi connectivity index (χ2v) is 4.19.